The molecule has 104 valence electrons. The summed E-state index contributed by atoms with van der Waals surface area (Å²) < 4.78 is 1.81. The molecule has 1 aliphatic heterocycles. The number of piperidine rings is 1. The maximum atomic E-state index is 12.4. The lowest BCUT2D eigenvalue weighted by atomic mass is 9.90. The third-order valence-electron chi connectivity index (χ3n) is 3.90. The number of rotatable bonds is 2. The van der Waals surface area contributed by atoms with E-state index >= 15 is 0 Å². The number of hydrogen-bond acceptors (Lipinski definition) is 2. The Labute approximate surface area is 119 Å². The van der Waals surface area contributed by atoms with Crippen LogP contribution < -0.4 is 0 Å². The monoisotopic (exact) mass is 269 g/mol. The Morgan fingerprint density at radius 3 is 2.80 bits per heavy atom. The largest absolute Gasteiger partial charge is 0.340 e. The fourth-order valence-electron chi connectivity index (χ4n) is 2.84. The zero-order valence-corrected chi connectivity index (χ0v) is 11.7. The summed E-state index contributed by atoms with van der Waals surface area (Å²) in [5.41, 5.74) is 1.87. The van der Waals surface area contributed by atoms with E-state index in [1.165, 1.54) is 5.56 Å². The highest BCUT2D eigenvalue weighted by molar-refractivity contribution is 5.92. The van der Waals surface area contributed by atoms with Crippen LogP contribution in [0.1, 0.15) is 34.8 Å². The Bertz CT molecular complexity index is 591. The Balaban J connectivity index is 1.74. The van der Waals surface area contributed by atoms with E-state index in [1.807, 2.05) is 22.6 Å². The van der Waals surface area contributed by atoms with E-state index in [0.717, 1.165) is 25.9 Å². The van der Waals surface area contributed by atoms with Gasteiger partial charge in [-0.05, 0) is 18.4 Å². The zero-order chi connectivity index (χ0) is 13.9. The first-order chi connectivity index (χ1) is 9.74. The number of benzene rings is 1. The maximum Gasteiger partial charge on any atom is 0.274 e. The number of hydrogen-bond donors (Lipinski definition) is 0. The van der Waals surface area contributed by atoms with Crippen LogP contribution in [0.3, 0.4) is 0 Å². The summed E-state index contributed by atoms with van der Waals surface area (Å²) in [6.45, 7) is 1.62. The first-order valence-corrected chi connectivity index (χ1v) is 7.06. The molecule has 1 aromatic carbocycles. The predicted octanol–water partition coefficient (Wildman–Crippen LogP) is 2.44. The second kappa shape index (κ2) is 5.49. The smallest absolute Gasteiger partial charge is 0.274 e. The van der Waals surface area contributed by atoms with Crippen molar-refractivity contribution < 1.29 is 4.79 Å². The summed E-state index contributed by atoms with van der Waals surface area (Å²) in [4.78, 5) is 18.5. The molecule has 1 unspecified atom stereocenters. The van der Waals surface area contributed by atoms with E-state index in [2.05, 4.69) is 29.2 Å². The van der Waals surface area contributed by atoms with Crippen molar-refractivity contribution in [3.63, 3.8) is 0 Å². The summed E-state index contributed by atoms with van der Waals surface area (Å²) in [5, 5.41) is 0. The normalized spacial score (nSPS) is 19.1. The third-order valence-corrected chi connectivity index (χ3v) is 3.90. The van der Waals surface area contributed by atoms with Crippen molar-refractivity contribution in [3.8, 4) is 0 Å². The van der Waals surface area contributed by atoms with E-state index in [9.17, 15) is 4.79 Å². The highest BCUT2D eigenvalue weighted by Gasteiger charge is 2.26. The summed E-state index contributed by atoms with van der Waals surface area (Å²) in [7, 11) is 1.88. The molecule has 1 saturated heterocycles. The van der Waals surface area contributed by atoms with Gasteiger partial charge in [0, 0.05) is 32.3 Å². The molecule has 0 spiro atoms. The molecule has 1 fully saturated rings. The van der Waals surface area contributed by atoms with E-state index in [1.54, 1.807) is 12.5 Å². The number of aryl methyl sites for hydroxylation is 1. The lowest BCUT2D eigenvalue weighted by Crippen LogP contribution is -2.39. The van der Waals surface area contributed by atoms with Crippen molar-refractivity contribution in [1.82, 2.24) is 14.5 Å². The minimum atomic E-state index is 0.0474. The van der Waals surface area contributed by atoms with Crippen LogP contribution in [-0.2, 0) is 7.05 Å². The second-order valence-corrected chi connectivity index (χ2v) is 5.43. The lowest BCUT2D eigenvalue weighted by Gasteiger charge is -2.32. The van der Waals surface area contributed by atoms with Crippen molar-refractivity contribution in [2.24, 2.45) is 7.05 Å². The van der Waals surface area contributed by atoms with Crippen LogP contribution in [0.25, 0.3) is 0 Å². The van der Waals surface area contributed by atoms with Crippen molar-refractivity contribution in [1.29, 1.82) is 0 Å². The number of aromatic nitrogens is 2. The number of imidazole rings is 1. The van der Waals surface area contributed by atoms with Crippen LogP contribution in [0, 0.1) is 0 Å². The molecule has 0 radical (unpaired) electrons. The van der Waals surface area contributed by atoms with Crippen LogP contribution in [0.4, 0.5) is 0 Å². The number of carbonyl (C=O) groups is 1. The predicted molar refractivity (Wildman–Crippen MR) is 77.5 cm³/mol. The van der Waals surface area contributed by atoms with Gasteiger partial charge in [0.25, 0.3) is 5.91 Å². The molecule has 1 aliphatic rings. The molecule has 0 N–H and O–H groups in total. The van der Waals surface area contributed by atoms with Gasteiger partial charge in [0.05, 0.1) is 6.33 Å². The molecule has 4 nitrogen and oxygen atoms in total. The fourth-order valence-corrected chi connectivity index (χ4v) is 2.84. The van der Waals surface area contributed by atoms with Crippen molar-refractivity contribution >= 4 is 5.91 Å². The van der Waals surface area contributed by atoms with Crippen LogP contribution >= 0.6 is 0 Å². The molecular weight excluding hydrogens is 250 g/mol. The van der Waals surface area contributed by atoms with Gasteiger partial charge < -0.3 is 9.47 Å². The Morgan fingerprint density at radius 2 is 2.10 bits per heavy atom. The van der Waals surface area contributed by atoms with Gasteiger partial charge in [0.2, 0.25) is 0 Å². The van der Waals surface area contributed by atoms with Crippen LogP contribution in [-0.4, -0.2) is 33.4 Å². The first kappa shape index (κ1) is 12.9. The molecule has 4 heteroatoms. The second-order valence-electron chi connectivity index (χ2n) is 5.43. The molecule has 0 bridgehead atoms. The average molecular weight is 269 g/mol. The lowest BCUT2D eigenvalue weighted by molar-refractivity contribution is 0.0701. The Hall–Kier alpha value is -2.10. The van der Waals surface area contributed by atoms with Gasteiger partial charge in [-0.25, -0.2) is 4.98 Å². The molecule has 2 aromatic rings. The van der Waals surface area contributed by atoms with E-state index in [-0.39, 0.29) is 5.91 Å². The zero-order valence-electron chi connectivity index (χ0n) is 11.7. The van der Waals surface area contributed by atoms with Crippen LogP contribution in [0.15, 0.2) is 42.9 Å². The van der Waals surface area contributed by atoms with Gasteiger partial charge in [-0.2, -0.15) is 0 Å². The molecule has 1 aromatic heterocycles. The molecule has 2 heterocycles. The van der Waals surface area contributed by atoms with Gasteiger partial charge in [0.15, 0.2) is 0 Å². The molecule has 20 heavy (non-hydrogen) atoms. The Morgan fingerprint density at radius 1 is 1.30 bits per heavy atom. The number of carbonyl (C=O) groups excluding carboxylic acids is 1. The van der Waals surface area contributed by atoms with E-state index in [0.29, 0.717) is 11.6 Å². The van der Waals surface area contributed by atoms with Gasteiger partial charge in [-0.15, -0.1) is 0 Å². The molecule has 1 amide bonds. The van der Waals surface area contributed by atoms with Crippen molar-refractivity contribution in [3.05, 3.63) is 54.1 Å². The van der Waals surface area contributed by atoms with Gasteiger partial charge in [-0.1, -0.05) is 30.3 Å². The number of amides is 1. The molecule has 3 rings (SSSR count). The van der Waals surface area contributed by atoms with Crippen molar-refractivity contribution in [2.75, 3.05) is 13.1 Å². The topological polar surface area (TPSA) is 38.1 Å². The summed E-state index contributed by atoms with van der Waals surface area (Å²) >= 11 is 0. The Kier molecular flexibility index (Phi) is 3.54. The molecular formula is C16H19N3O. The van der Waals surface area contributed by atoms with E-state index < -0.39 is 0 Å². The third kappa shape index (κ3) is 2.59. The average Bonchev–Trinajstić information content (AvgIpc) is 2.94. The standard InChI is InChI=1S/C16H19N3O/c1-18-11-15(17-12-18)16(20)19-9-5-8-14(10-19)13-6-3-2-4-7-13/h2-4,6-7,11-12,14H,5,8-10H2,1H3. The highest BCUT2D eigenvalue weighted by Crippen LogP contribution is 2.27. The summed E-state index contributed by atoms with van der Waals surface area (Å²) in [6.07, 6.45) is 5.66. The molecule has 1 atom stereocenters. The molecule has 0 aliphatic carbocycles. The van der Waals surface area contributed by atoms with Gasteiger partial charge in [0.1, 0.15) is 5.69 Å². The van der Waals surface area contributed by atoms with Gasteiger partial charge in [-0.3, -0.25) is 4.79 Å². The van der Waals surface area contributed by atoms with Gasteiger partial charge >= 0.3 is 0 Å². The summed E-state index contributed by atoms with van der Waals surface area (Å²) in [5.74, 6) is 0.490. The van der Waals surface area contributed by atoms with Crippen molar-refractivity contribution in [2.45, 2.75) is 18.8 Å². The maximum absolute atomic E-state index is 12.4. The van der Waals surface area contributed by atoms with Crippen LogP contribution in [0.5, 0.6) is 0 Å². The molecule has 0 saturated carbocycles. The number of likely N-dealkylation sites (tertiary alicyclic amines) is 1. The number of nitrogens with zero attached hydrogens (tertiary/aromatic N) is 3. The minimum Gasteiger partial charge on any atom is -0.340 e. The first-order valence-electron chi connectivity index (χ1n) is 7.06. The fraction of sp³-hybridized carbons (Fsp3) is 0.375. The minimum absolute atomic E-state index is 0.0474. The quantitative estimate of drug-likeness (QED) is 0.840. The highest BCUT2D eigenvalue weighted by atomic mass is 16.2. The van der Waals surface area contributed by atoms with Crippen LogP contribution in [0.2, 0.25) is 0 Å². The summed E-state index contributed by atoms with van der Waals surface area (Å²) in [6, 6.07) is 10.5. The van der Waals surface area contributed by atoms with E-state index in [4.69, 9.17) is 0 Å². The SMILES string of the molecule is Cn1cnc(C(=O)N2CCCC(c3ccccc3)C2)c1.